The SMILES string of the molecule is O=c1ccc(C2CC2)nn1CC1CCN(c2cc(C3CC3)ncn2)CC1. The molecule has 0 spiro atoms. The molecule has 0 radical (unpaired) electrons. The third kappa shape index (κ3) is 3.37. The van der Waals surface area contributed by atoms with Gasteiger partial charge < -0.3 is 4.90 Å². The maximum Gasteiger partial charge on any atom is 0.266 e. The topological polar surface area (TPSA) is 63.9 Å². The molecule has 6 heteroatoms. The van der Waals surface area contributed by atoms with E-state index in [1.54, 1.807) is 17.1 Å². The molecule has 0 unspecified atom stereocenters. The van der Waals surface area contributed by atoms with Crippen molar-refractivity contribution in [3.05, 3.63) is 46.3 Å². The van der Waals surface area contributed by atoms with Gasteiger partial charge in [-0.25, -0.2) is 14.6 Å². The summed E-state index contributed by atoms with van der Waals surface area (Å²) >= 11 is 0. The highest BCUT2D eigenvalue weighted by Gasteiger charge is 2.28. The minimum absolute atomic E-state index is 0.0294. The lowest BCUT2D eigenvalue weighted by molar-refractivity contribution is 0.333. The highest BCUT2D eigenvalue weighted by Crippen LogP contribution is 2.40. The number of piperidine rings is 1. The first-order valence-corrected chi connectivity index (χ1v) is 9.91. The Balaban J connectivity index is 1.23. The molecule has 2 aromatic rings. The van der Waals surface area contributed by atoms with E-state index in [9.17, 15) is 4.79 Å². The third-order valence-corrected chi connectivity index (χ3v) is 5.92. The van der Waals surface area contributed by atoms with Crippen molar-refractivity contribution in [3.8, 4) is 0 Å². The van der Waals surface area contributed by atoms with E-state index >= 15 is 0 Å². The maximum absolute atomic E-state index is 12.2. The van der Waals surface area contributed by atoms with Crippen LogP contribution in [0.15, 0.2) is 29.3 Å². The molecule has 3 fully saturated rings. The number of nitrogens with zero attached hydrogens (tertiary/aromatic N) is 5. The van der Waals surface area contributed by atoms with E-state index in [1.807, 2.05) is 6.07 Å². The van der Waals surface area contributed by atoms with E-state index in [-0.39, 0.29) is 5.56 Å². The van der Waals surface area contributed by atoms with E-state index in [4.69, 9.17) is 0 Å². The quantitative estimate of drug-likeness (QED) is 0.829. The summed E-state index contributed by atoms with van der Waals surface area (Å²) in [7, 11) is 0. The van der Waals surface area contributed by atoms with Crippen molar-refractivity contribution < 1.29 is 0 Å². The number of rotatable bonds is 5. The average Bonchev–Trinajstić information content (AvgIpc) is 3.57. The first kappa shape index (κ1) is 16.0. The molecule has 1 saturated heterocycles. The van der Waals surface area contributed by atoms with Gasteiger partial charge in [0.2, 0.25) is 0 Å². The molecular weight excluding hydrogens is 326 g/mol. The largest absolute Gasteiger partial charge is 0.356 e. The number of aromatic nitrogens is 4. The second-order valence-electron chi connectivity index (χ2n) is 8.06. The molecule has 6 nitrogen and oxygen atoms in total. The lowest BCUT2D eigenvalue weighted by Crippen LogP contribution is -2.37. The van der Waals surface area contributed by atoms with Gasteiger partial charge in [0.1, 0.15) is 12.1 Å². The Morgan fingerprint density at radius 1 is 0.923 bits per heavy atom. The molecule has 2 aromatic heterocycles. The minimum atomic E-state index is 0.0294. The van der Waals surface area contributed by atoms with E-state index in [0.29, 0.717) is 17.8 Å². The third-order valence-electron chi connectivity index (χ3n) is 5.92. The Hall–Kier alpha value is -2.24. The van der Waals surface area contributed by atoms with Gasteiger partial charge in [-0.05, 0) is 50.5 Å². The van der Waals surface area contributed by atoms with Crippen molar-refractivity contribution in [1.29, 1.82) is 0 Å². The molecule has 1 aliphatic heterocycles. The van der Waals surface area contributed by atoms with Gasteiger partial charge in [-0.15, -0.1) is 0 Å². The van der Waals surface area contributed by atoms with Crippen LogP contribution < -0.4 is 10.5 Å². The van der Waals surface area contributed by atoms with Crippen LogP contribution >= 0.6 is 0 Å². The summed E-state index contributed by atoms with van der Waals surface area (Å²) in [6.45, 7) is 2.72. The Labute approximate surface area is 153 Å². The second kappa shape index (κ2) is 6.49. The maximum atomic E-state index is 12.2. The molecule has 0 amide bonds. The molecule has 0 aromatic carbocycles. The highest BCUT2D eigenvalue weighted by atomic mass is 16.1. The minimum Gasteiger partial charge on any atom is -0.356 e. The normalized spacial score (nSPS) is 21.2. The Morgan fingerprint density at radius 2 is 1.65 bits per heavy atom. The smallest absolute Gasteiger partial charge is 0.266 e. The van der Waals surface area contributed by atoms with Gasteiger partial charge in [0, 0.05) is 49.3 Å². The summed E-state index contributed by atoms with van der Waals surface area (Å²) in [5.41, 5.74) is 2.32. The summed E-state index contributed by atoms with van der Waals surface area (Å²) in [6, 6.07) is 5.77. The summed E-state index contributed by atoms with van der Waals surface area (Å²) < 4.78 is 1.70. The van der Waals surface area contributed by atoms with Crippen LogP contribution in [-0.2, 0) is 6.54 Å². The molecule has 3 heterocycles. The number of hydrogen-bond acceptors (Lipinski definition) is 5. The van der Waals surface area contributed by atoms with E-state index in [0.717, 1.165) is 44.0 Å². The lowest BCUT2D eigenvalue weighted by Gasteiger charge is -2.32. The van der Waals surface area contributed by atoms with Gasteiger partial charge in [-0.3, -0.25) is 4.79 Å². The fraction of sp³-hybridized carbons (Fsp3) is 0.600. The zero-order chi connectivity index (χ0) is 17.5. The van der Waals surface area contributed by atoms with E-state index < -0.39 is 0 Å². The fourth-order valence-corrected chi connectivity index (χ4v) is 3.92. The zero-order valence-corrected chi connectivity index (χ0v) is 15.0. The molecule has 2 saturated carbocycles. The van der Waals surface area contributed by atoms with Crippen molar-refractivity contribution in [2.75, 3.05) is 18.0 Å². The molecule has 0 bridgehead atoms. The van der Waals surface area contributed by atoms with E-state index in [2.05, 4.69) is 26.0 Å². The van der Waals surface area contributed by atoms with Gasteiger partial charge in [-0.2, -0.15) is 5.10 Å². The first-order valence-electron chi connectivity index (χ1n) is 9.91. The molecule has 5 rings (SSSR count). The molecular formula is C20H25N5O. The van der Waals surface area contributed by atoms with Crippen LogP contribution in [0.2, 0.25) is 0 Å². The van der Waals surface area contributed by atoms with Crippen LogP contribution in [0.3, 0.4) is 0 Å². The van der Waals surface area contributed by atoms with Gasteiger partial charge in [0.25, 0.3) is 5.56 Å². The highest BCUT2D eigenvalue weighted by molar-refractivity contribution is 5.40. The summed E-state index contributed by atoms with van der Waals surface area (Å²) in [5, 5.41) is 4.61. The van der Waals surface area contributed by atoms with Crippen LogP contribution in [0.5, 0.6) is 0 Å². The summed E-state index contributed by atoms with van der Waals surface area (Å²) in [6.07, 6.45) is 8.81. The van der Waals surface area contributed by atoms with Gasteiger partial charge in [0.15, 0.2) is 0 Å². The van der Waals surface area contributed by atoms with Gasteiger partial charge >= 0.3 is 0 Å². The summed E-state index contributed by atoms with van der Waals surface area (Å²) in [4.78, 5) is 23.4. The van der Waals surface area contributed by atoms with Crippen molar-refractivity contribution in [2.24, 2.45) is 5.92 Å². The fourth-order valence-electron chi connectivity index (χ4n) is 3.92. The molecule has 0 N–H and O–H groups in total. The van der Waals surface area contributed by atoms with Crippen LogP contribution in [0, 0.1) is 5.92 Å². The number of hydrogen-bond donors (Lipinski definition) is 0. The Kier molecular flexibility index (Phi) is 3.98. The van der Waals surface area contributed by atoms with Crippen molar-refractivity contribution >= 4 is 5.82 Å². The number of anilines is 1. The van der Waals surface area contributed by atoms with Crippen LogP contribution in [0.25, 0.3) is 0 Å². The zero-order valence-electron chi connectivity index (χ0n) is 15.0. The molecule has 0 atom stereocenters. The molecule has 3 aliphatic rings. The van der Waals surface area contributed by atoms with Crippen molar-refractivity contribution in [3.63, 3.8) is 0 Å². The van der Waals surface area contributed by atoms with Gasteiger partial charge in [0.05, 0.1) is 5.69 Å². The Bertz CT molecular complexity index is 847. The average molecular weight is 351 g/mol. The second-order valence-corrected chi connectivity index (χ2v) is 8.06. The monoisotopic (exact) mass is 351 g/mol. The standard InChI is InChI=1S/C20H25N5O/c26-20-6-5-17(15-1-2-15)23-25(20)12-14-7-9-24(10-8-14)19-11-18(16-3-4-16)21-13-22-19/h5-6,11,13-16H,1-4,7-10,12H2. The molecule has 136 valence electrons. The van der Waals surface area contributed by atoms with Crippen LogP contribution in [-0.4, -0.2) is 32.8 Å². The predicted molar refractivity (Wildman–Crippen MR) is 99.4 cm³/mol. The van der Waals surface area contributed by atoms with Crippen LogP contribution in [0.1, 0.15) is 61.7 Å². The molecule has 26 heavy (non-hydrogen) atoms. The molecule has 2 aliphatic carbocycles. The van der Waals surface area contributed by atoms with E-state index in [1.165, 1.54) is 31.4 Å². The van der Waals surface area contributed by atoms with Crippen molar-refractivity contribution in [2.45, 2.75) is 56.9 Å². The van der Waals surface area contributed by atoms with Crippen molar-refractivity contribution in [1.82, 2.24) is 19.7 Å². The van der Waals surface area contributed by atoms with Gasteiger partial charge in [-0.1, -0.05) is 0 Å². The predicted octanol–water partition coefficient (Wildman–Crippen LogP) is 2.70. The first-order chi connectivity index (χ1) is 12.8. The summed E-state index contributed by atoms with van der Waals surface area (Å²) in [5.74, 6) is 2.81. The van der Waals surface area contributed by atoms with Crippen LogP contribution in [0.4, 0.5) is 5.82 Å². The Morgan fingerprint density at radius 3 is 2.38 bits per heavy atom. The lowest BCUT2D eigenvalue weighted by atomic mass is 9.97.